The number of pyridine rings is 1. The number of likely N-dealkylation sites (tertiary alicyclic amines) is 1. The van der Waals surface area contributed by atoms with Crippen molar-refractivity contribution in [2.75, 3.05) is 19.7 Å². The molecule has 0 spiro atoms. The molecule has 7 heteroatoms. The van der Waals surface area contributed by atoms with Gasteiger partial charge in [0.25, 0.3) is 5.91 Å². The Labute approximate surface area is 157 Å². The molecule has 4 rings (SSSR count). The fourth-order valence-corrected chi connectivity index (χ4v) is 3.10. The summed E-state index contributed by atoms with van der Waals surface area (Å²) in [6.45, 7) is 3.59. The van der Waals surface area contributed by atoms with E-state index >= 15 is 0 Å². The molecule has 1 saturated heterocycles. The second kappa shape index (κ2) is 7.57. The minimum atomic E-state index is -0.0972. The van der Waals surface area contributed by atoms with Crippen molar-refractivity contribution < 1.29 is 14.3 Å². The third kappa shape index (κ3) is 3.81. The Morgan fingerprint density at radius 1 is 1.11 bits per heavy atom. The van der Waals surface area contributed by atoms with Gasteiger partial charge in [-0.25, -0.2) is 15.0 Å². The average molecular weight is 364 g/mol. The number of carbonyl (C=O) groups is 1. The Hall–Kier alpha value is -3.22. The SMILES string of the molecule is CCOc1ccc(C(=O)N2CCC(Oc3cnc4ccccc4n3)C2)cn1. The maximum absolute atomic E-state index is 12.7. The van der Waals surface area contributed by atoms with Gasteiger partial charge in [0, 0.05) is 25.2 Å². The van der Waals surface area contributed by atoms with Gasteiger partial charge in [-0.05, 0) is 25.1 Å². The van der Waals surface area contributed by atoms with Crippen molar-refractivity contribution in [1.82, 2.24) is 19.9 Å². The Morgan fingerprint density at radius 2 is 1.96 bits per heavy atom. The highest BCUT2D eigenvalue weighted by Gasteiger charge is 2.28. The van der Waals surface area contributed by atoms with Crippen LogP contribution in [-0.2, 0) is 0 Å². The molecule has 1 aromatic carbocycles. The second-order valence-corrected chi connectivity index (χ2v) is 6.29. The molecule has 0 N–H and O–H groups in total. The number of para-hydroxylation sites is 2. The Bertz CT molecular complexity index is 945. The molecule has 1 aliphatic rings. The van der Waals surface area contributed by atoms with E-state index in [0.29, 0.717) is 37.0 Å². The molecule has 2 aromatic heterocycles. The van der Waals surface area contributed by atoms with Crippen molar-refractivity contribution in [2.45, 2.75) is 19.4 Å². The lowest BCUT2D eigenvalue weighted by molar-refractivity contribution is 0.0770. The summed E-state index contributed by atoms with van der Waals surface area (Å²) in [6, 6.07) is 11.1. The number of benzene rings is 1. The van der Waals surface area contributed by atoms with Crippen molar-refractivity contribution in [3.63, 3.8) is 0 Å². The van der Waals surface area contributed by atoms with Gasteiger partial charge in [0.15, 0.2) is 0 Å². The highest BCUT2D eigenvalue weighted by atomic mass is 16.5. The summed E-state index contributed by atoms with van der Waals surface area (Å²) in [7, 11) is 0. The van der Waals surface area contributed by atoms with E-state index in [1.807, 2.05) is 31.2 Å². The summed E-state index contributed by atoms with van der Waals surface area (Å²) in [6.07, 6.45) is 3.84. The summed E-state index contributed by atoms with van der Waals surface area (Å²) in [5.74, 6) is 0.948. The number of nitrogens with zero attached hydrogens (tertiary/aromatic N) is 4. The zero-order valence-corrected chi connectivity index (χ0v) is 15.0. The van der Waals surface area contributed by atoms with Crippen molar-refractivity contribution in [3.8, 4) is 11.8 Å². The van der Waals surface area contributed by atoms with Crippen LogP contribution in [0.1, 0.15) is 23.7 Å². The van der Waals surface area contributed by atoms with Gasteiger partial charge in [-0.1, -0.05) is 12.1 Å². The van der Waals surface area contributed by atoms with Gasteiger partial charge in [0.05, 0.1) is 35.9 Å². The smallest absolute Gasteiger partial charge is 0.255 e. The third-order valence-electron chi connectivity index (χ3n) is 4.42. The molecule has 0 bridgehead atoms. The van der Waals surface area contributed by atoms with Crippen LogP contribution in [0.2, 0.25) is 0 Å². The number of hydrogen-bond donors (Lipinski definition) is 0. The van der Waals surface area contributed by atoms with E-state index in [1.165, 1.54) is 0 Å². The molecule has 1 unspecified atom stereocenters. The standard InChI is InChI=1S/C20H20N4O3/c1-2-26-18-8-7-14(11-22-18)20(25)24-10-9-15(13-24)27-19-12-21-16-5-3-4-6-17(16)23-19/h3-8,11-12,15H,2,9-10,13H2,1H3. The molecule has 3 aromatic rings. The van der Waals surface area contributed by atoms with E-state index in [9.17, 15) is 4.79 Å². The number of hydrogen-bond acceptors (Lipinski definition) is 6. The molecule has 3 heterocycles. The number of amides is 1. The Balaban J connectivity index is 1.39. The molecular weight excluding hydrogens is 344 g/mol. The quantitative estimate of drug-likeness (QED) is 0.693. The maximum Gasteiger partial charge on any atom is 0.255 e. The van der Waals surface area contributed by atoms with E-state index in [-0.39, 0.29) is 12.0 Å². The van der Waals surface area contributed by atoms with Gasteiger partial charge in [0.2, 0.25) is 11.8 Å². The van der Waals surface area contributed by atoms with Gasteiger partial charge < -0.3 is 14.4 Å². The van der Waals surface area contributed by atoms with Gasteiger partial charge in [-0.15, -0.1) is 0 Å². The average Bonchev–Trinajstić information content (AvgIpc) is 3.17. The van der Waals surface area contributed by atoms with Crippen LogP contribution in [-0.4, -0.2) is 51.6 Å². The predicted molar refractivity (Wildman–Crippen MR) is 99.9 cm³/mol. The lowest BCUT2D eigenvalue weighted by Gasteiger charge is -2.17. The minimum absolute atomic E-state index is 0.0544. The van der Waals surface area contributed by atoms with Crippen LogP contribution in [0.25, 0.3) is 11.0 Å². The van der Waals surface area contributed by atoms with Crippen LogP contribution in [0.4, 0.5) is 0 Å². The van der Waals surface area contributed by atoms with Crippen LogP contribution >= 0.6 is 0 Å². The summed E-state index contributed by atoms with van der Waals surface area (Å²) >= 11 is 0. The van der Waals surface area contributed by atoms with Gasteiger partial charge in [0.1, 0.15) is 6.10 Å². The molecule has 1 fully saturated rings. The second-order valence-electron chi connectivity index (χ2n) is 6.29. The summed E-state index contributed by atoms with van der Waals surface area (Å²) in [4.78, 5) is 27.4. The van der Waals surface area contributed by atoms with Gasteiger partial charge >= 0.3 is 0 Å². The monoisotopic (exact) mass is 364 g/mol. The van der Waals surface area contributed by atoms with Crippen molar-refractivity contribution in [1.29, 1.82) is 0 Å². The fourth-order valence-electron chi connectivity index (χ4n) is 3.10. The first-order chi connectivity index (χ1) is 13.2. The minimum Gasteiger partial charge on any atom is -0.478 e. The number of rotatable bonds is 5. The van der Waals surface area contributed by atoms with Crippen LogP contribution < -0.4 is 9.47 Å². The van der Waals surface area contributed by atoms with Gasteiger partial charge in [-0.3, -0.25) is 4.79 Å². The maximum atomic E-state index is 12.7. The lowest BCUT2D eigenvalue weighted by Crippen LogP contribution is -2.31. The van der Waals surface area contributed by atoms with E-state index in [0.717, 1.165) is 17.5 Å². The van der Waals surface area contributed by atoms with E-state index in [1.54, 1.807) is 29.4 Å². The summed E-state index contributed by atoms with van der Waals surface area (Å²) in [5, 5.41) is 0. The molecule has 0 saturated carbocycles. The van der Waals surface area contributed by atoms with Crippen molar-refractivity contribution >= 4 is 16.9 Å². The van der Waals surface area contributed by atoms with Crippen LogP contribution in [0.5, 0.6) is 11.8 Å². The van der Waals surface area contributed by atoms with Crippen molar-refractivity contribution in [3.05, 3.63) is 54.4 Å². The van der Waals surface area contributed by atoms with Crippen LogP contribution in [0, 0.1) is 0 Å². The number of fused-ring (bicyclic) bond motifs is 1. The number of ether oxygens (including phenoxy) is 2. The highest BCUT2D eigenvalue weighted by molar-refractivity contribution is 5.94. The van der Waals surface area contributed by atoms with E-state index in [4.69, 9.17) is 9.47 Å². The normalized spacial score (nSPS) is 16.5. The molecule has 0 radical (unpaired) electrons. The molecule has 7 nitrogen and oxygen atoms in total. The number of carbonyl (C=O) groups excluding carboxylic acids is 1. The molecule has 138 valence electrons. The summed E-state index contributed by atoms with van der Waals surface area (Å²) < 4.78 is 11.3. The Kier molecular flexibility index (Phi) is 4.82. The molecule has 27 heavy (non-hydrogen) atoms. The topological polar surface area (TPSA) is 77.4 Å². The fraction of sp³-hybridized carbons (Fsp3) is 0.300. The first-order valence-electron chi connectivity index (χ1n) is 8.99. The number of aromatic nitrogens is 3. The van der Waals surface area contributed by atoms with E-state index < -0.39 is 0 Å². The van der Waals surface area contributed by atoms with E-state index in [2.05, 4.69) is 15.0 Å². The lowest BCUT2D eigenvalue weighted by atomic mass is 10.2. The molecule has 1 atom stereocenters. The Morgan fingerprint density at radius 3 is 2.74 bits per heavy atom. The highest BCUT2D eigenvalue weighted by Crippen LogP contribution is 2.20. The predicted octanol–water partition coefficient (Wildman–Crippen LogP) is 2.72. The largest absolute Gasteiger partial charge is 0.478 e. The zero-order valence-electron chi connectivity index (χ0n) is 15.0. The van der Waals surface area contributed by atoms with Crippen LogP contribution in [0.15, 0.2) is 48.8 Å². The molecule has 0 aliphatic carbocycles. The third-order valence-corrected chi connectivity index (χ3v) is 4.42. The zero-order chi connectivity index (χ0) is 18.6. The molecule has 1 aliphatic heterocycles. The van der Waals surface area contributed by atoms with Crippen LogP contribution in [0.3, 0.4) is 0 Å². The van der Waals surface area contributed by atoms with Gasteiger partial charge in [-0.2, -0.15) is 0 Å². The van der Waals surface area contributed by atoms with Crippen molar-refractivity contribution in [2.24, 2.45) is 0 Å². The molecule has 1 amide bonds. The first kappa shape index (κ1) is 17.2. The summed E-state index contributed by atoms with van der Waals surface area (Å²) in [5.41, 5.74) is 2.17. The first-order valence-corrected chi connectivity index (χ1v) is 8.99. The molecular formula is C20H20N4O3.